The fourth-order valence-corrected chi connectivity index (χ4v) is 13.0. The Kier molecular flexibility index (Phi) is 4.95. The van der Waals surface area contributed by atoms with E-state index in [1.54, 1.807) is 10.4 Å². The number of rotatable bonds is 2. The Balaban J connectivity index is 2.08. The molecule has 0 fully saturated rings. The van der Waals surface area contributed by atoms with E-state index in [4.69, 9.17) is 0 Å². The molecular weight excluding hydrogens is 456 g/mol. The summed E-state index contributed by atoms with van der Waals surface area (Å²) in [6, 6.07) is 17.7. The fourth-order valence-electron chi connectivity index (χ4n) is 3.42. The van der Waals surface area contributed by atoms with Gasteiger partial charge in [0.15, 0.2) is 0 Å². The van der Waals surface area contributed by atoms with Gasteiger partial charge < -0.3 is 0 Å². The van der Waals surface area contributed by atoms with Crippen molar-refractivity contribution in [1.29, 1.82) is 0 Å². The van der Waals surface area contributed by atoms with Crippen LogP contribution in [0.2, 0.25) is 26.2 Å². The monoisotopic (exact) mass is 476 g/mol. The molecule has 24 heavy (non-hydrogen) atoms. The normalized spacial score (nSPS) is 18.8. The van der Waals surface area contributed by atoms with Gasteiger partial charge in [-0.05, 0) is 35.4 Å². The zero-order chi connectivity index (χ0) is 17.5. The predicted molar refractivity (Wildman–Crippen MR) is 119 cm³/mol. The van der Waals surface area contributed by atoms with Gasteiger partial charge >= 0.3 is 0 Å². The van der Waals surface area contributed by atoms with Crippen LogP contribution < -0.4 is 0 Å². The van der Waals surface area contributed by atoms with Crippen LogP contribution in [-0.2, 0) is 0 Å². The van der Waals surface area contributed by atoms with Crippen molar-refractivity contribution < 1.29 is 0 Å². The zero-order valence-corrected chi connectivity index (χ0v) is 19.7. The van der Waals surface area contributed by atoms with Crippen molar-refractivity contribution in [3.05, 3.63) is 80.0 Å². The van der Waals surface area contributed by atoms with Crippen LogP contribution >= 0.6 is 31.9 Å². The van der Waals surface area contributed by atoms with Gasteiger partial charge in [0.2, 0.25) is 0 Å². The van der Waals surface area contributed by atoms with Gasteiger partial charge in [-0.25, -0.2) is 0 Å². The molecule has 0 unspecified atom stereocenters. The number of hydrogen-bond acceptors (Lipinski definition) is 0. The molecule has 3 rings (SSSR count). The highest BCUT2D eigenvalue weighted by molar-refractivity contribution is 9.10. The first-order chi connectivity index (χ1) is 11.2. The third-order valence-electron chi connectivity index (χ3n) is 4.71. The van der Waals surface area contributed by atoms with E-state index in [0.717, 1.165) is 8.95 Å². The minimum atomic E-state index is -1.62. The van der Waals surface area contributed by atoms with Crippen LogP contribution in [-0.4, -0.2) is 16.1 Å². The molecule has 0 N–H and O–H groups in total. The largest absolute Gasteiger partial charge is 0.103 e. The summed E-state index contributed by atoms with van der Waals surface area (Å²) in [5.41, 5.74) is 8.06. The Morgan fingerprint density at radius 1 is 0.542 bits per heavy atom. The molecule has 4 heteroatoms. The van der Waals surface area contributed by atoms with E-state index in [1.165, 1.54) is 11.1 Å². The van der Waals surface area contributed by atoms with Crippen LogP contribution in [0.3, 0.4) is 0 Å². The summed E-state index contributed by atoms with van der Waals surface area (Å²) >= 11 is 7.10. The van der Waals surface area contributed by atoms with Crippen molar-refractivity contribution in [2.75, 3.05) is 0 Å². The van der Waals surface area contributed by atoms with Crippen molar-refractivity contribution in [2.45, 2.75) is 26.2 Å². The first kappa shape index (κ1) is 18.1. The Hall–Kier alpha value is -0.686. The SMILES string of the molecule is C[Si]1(C)C=C(c2ccc(Br)cc2)[Si](C)(C)C=C1c1ccc(Br)cc1. The maximum Gasteiger partial charge on any atom is 0.103 e. The molecule has 124 valence electrons. The molecule has 0 amide bonds. The van der Waals surface area contributed by atoms with E-state index in [0.29, 0.717) is 0 Å². The number of benzene rings is 2. The van der Waals surface area contributed by atoms with Crippen LogP contribution in [0, 0.1) is 0 Å². The van der Waals surface area contributed by atoms with Crippen LogP contribution in [0.15, 0.2) is 68.9 Å². The lowest BCUT2D eigenvalue weighted by Crippen LogP contribution is -2.39. The molecule has 0 aliphatic carbocycles. The topological polar surface area (TPSA) is 0 Å². The predicted octanol–water partition coefficient (Wildman–Crippen LogP) is 7.27. The average Bonchev–Trinajstić information content (AvgIpc) is 2.51. The van der Waals surface area contributed by atoms with Gasteiger partial charge in [0, 0.05) is 8.95 Å². The highest BCUT2D eigenvalue weighted by atomic mass is 79.9. The van der Waals surface area contributed by atoms with Crippen LogP contribution in [0.25, 0.3) is 10.4 Å². The summed E-state index contributed by atoms with van der Waals surface area (Å²) in [5, 5.41) is 3.18. The molecule has 2 aromatic rings. The summed E-state index contributed by atoms with van der Waals surface area (Å²) in [6.07, 6.45) is 0. The molecule has 0 aromatic heterocycles. The molecule has 0 saturated carbocycles. The summed E-state index contributed by atoms with van der Waals surface area (Å²) in [7, 11) is -3.24. The first-order valence-corrected chi connectivity index (χ1v) is 15.9. The Bertz CT molecular complexity index is 742. The third kappa shape index (κ3) is 3.62. The van der Waals surface area contributed by atoms with Crippen molar-refractivity contribution in [1.82, 2.24) is 0 Å². The first-order valence-electron chi connectivity index (χ1n) is 8.18. The van der Waals surface area contributed by atoms with Crippen LogP contribution in [0.4, 0.5) is 0 Å². The zero-order valence-electron chi connectivity index (χ0n) is 14.5. The lowest BCUT2D eigenvalue weighted by Gasteiger charge is -2.36. The van der Waals surface area contributed by atoms with Gasteiger partial charge in [-0.3, -0.25) is 0 Å². The van der Waals surface area contributed by atoms with Gasteiger partial charge in [-0.15, -0.1) is 0 Å². The van der Waals surface area contributed by atoms with Gasteiger partial charge in [-0.1, -0.05) is 104 Å². The molecule has 0 radical (unpaired) electrons. The summed E-state index contributed by atoms with van der Waals surface area (Å²) < 4.78 is 2.29. The summed E-state index contributed by atoms with van der Waals surface area (Å²) in [4.78, 5) is 0. The molecule has 0 atom stereocenters. The molecule has 0 bridgehead atoms. The van der Waals surface area contributed by atoms with Crippen molar-refractivity contribution in [3.8, 4) is 0 Å². The molecule has 0 spiro atoms. The van der Waals surface area contributed by atoms with Gasteiger partial charge in [0.25, 0.3) is 0 Å². The second-order valence-electron chi connectivity index (χ2n) is 7.57. The second-order valence-corrected chi connectivity index (χ2v) is 17.9. The van der Waals surface area contributed by atoms with Crippen molar-refractivity contribution in [2.24, 2.45) is 0 Å². The minimum absolute atomic E-state index is 1.14. The maximum absolute atomic E-state index is 3.55. The van der Waals surface area contributed by atoms with E-state index in [1.807, 2.05) is 0 Å². The van der Waals surface area contributed by atoms with E-state index in [2.05, 4.69) is 118 Å². The van der Waals surface area contributed by atoms with Gasteiger partial charge in [-0.2, -0.15) is 0 Å². The van der Waals surface area contributed by atoms with Crippen LogP contribution in [0.5, 0.6) is 0 Å². The summed E-state index contributed by atoms with van der Waals surface area (Å²) in [5.74, 6) is 0. The van der Waals surface area contributed by atoms with Crippen molar-refractivity contribution in [3.63, 3.8) is 0 Å². The fraction of sp³-hybridized carbons (Fsp3) is 0.200. The molecule has 0 saturated heterocycles. The number of halogens is 2. The summed E-state index contributed by atoms with van der Waals surface area (Å²) in [6.45, 7) is 9.85. The van der Waals surface area contributed by atoms with E-state index >= 15 is 0 Å². The van der Waals surface area contributed by atoms with E-state index < -0.39 is 16.1 Å². The average molecular weight is 478 g/mol. The lowest BCUT2D eigenvalue weighted by molar-refractivity contribution is 1.56. The highest BCUT2D eigenvalue weighted by Crippen LogP contribution is 2.40. The molecule has 1 aliphatic rings. The van der Waals surface area contributed by atoms with Gasteiger partial charge in [0.05, 0.1) is 0 Å². The third-order valence-corrected chi connectivity index (χ3v) is 12.0. The smallest absolute Gasteiger partial charge is 0.0900 e. The minimum Gasteiger partial charge on any atom is -0.0900 e. The molecular formula is C20H22Br2Si2. The standard InChI is InChI=1S/C20H22Br2Si2/c1-23(2)13-20(16-7-11-18(22)12-8-16)24(3,4)14-19(23)15-5-9-17(21)10-6-15/h5-14H,1-4H3. The molecule has 0 nitrogen and oxygen atoms in total. The quantitative estimate of drug-likeness (QED) is 0.399. The molecule has 1 aliphatic heterocycles. The molecule has 1 heterocycles. The highest BCUT2D eigenvalue weighted by Gasteiger charge is 2.37. The Labute approximate surface area is 164 Å². The molecule has 2 aromatic carbocycles. The van der Waals surface area contributed by atoms with Crippen molar-refractivity contribution >= 4 is 58.4 Å². The van der Waals surface area contributed by atoms with E-state index in [9.17, 15) is 0 Å². The lowest BCUT2D eigenvalue weighted by atomic mass is 10.2. The van der Waals surface area contributed by atoms with Gasteiger partial charge in [0.1, 0.15) is 16.1 Å². The van der Waals surface area contributed by atoms with E-state index in [-0.39, 0.29) is 0 Å². The number of hydrogen-bond donors (Lipinski definition) is 0. The Morgan fingerprint density at radius 3 is 1.12 bits per heavy atom. The second kappa shape index (κ2) is 6.56. The van der Waals surface area contributed by atoms with Crippen LogP contribution in [0.1, 0.15) is 11.1 Å². The maximum atomic E-state index is 3.55. The Morgan fingerprint density at radius 2 is 0.833 bits per heavy atom.